The Bertz CT molecular complexity index is 1670. The van der Waals surface area contributed by atoms with Gasteiger partial charge in [0.15, 0.2) is 0 Å². The van der Waals surface area contributed by atoms with Crippen molar-refractivity contribution in [1.82, 2.24) is 0 Å². The first kappa shape index (κ1) is 26.9. The second kappa shape index (κ2) is 12.5. The average Bonchev–Trinajstić information content (AvgIpc) is 3.39. The normalized spacial score (nSPS) is 11.3. The lowest BCUT2D eigenvalue weighted by atomic mass is 10.1. The number of anilines is 2. The zero-order chi connectivity index (χ0) is 27.9. The van der Waals surface area contributed by atoms with E-state index in [0.29, 0.717) is 21.8 Å². The predicted molar refractivity (Wildman–Crippen MR) is 164 cm³/mol. The molecule has 7 heteroatoms. The Kier molecular flexibility index (Phi) is 8.41. The Hall–Kier alpha value is -4.64. The first-order valence-corrected chi connectivity index (χ1v) is 14.4. The molecule has 40 heavy (non-hydrogen) atoms. The second-order valence-electron chi connectivity index (χ2n) is 9.08. The average molecular weight is 560 g/mol. The van der Waals surface area contributed by atoms with Crippen LogP contribution in [0.15, 0.2) is 119 Å². The highest BCUT2D eigenvalue weighted by Gasteiger charge is 2.25. The molecule has 2 N–H and O–H groups in total. The van der Waals surface area contributed by atoms with E-state index < -0.39 is 5.25 Å². The van der Waals surface area contributed by atoms with Crippen LogP contribution in [0.5, 0.6) is 0 Å². The molecular formula is C33H25N3O2S2. The number of nitrogens with one attached hydrogen (secondary N) is 2. The van der Waals surface area contributed by atoms with Gasteiger partial charge in [0.05, 0.1) is 5.56 Å². The van der Waals surface area contributed by atoms with Crippen LogP contribution in [0.3, 0.4) is 0 Å². The maximum absolute atomic E-state index is 13.7. The number of hydrogen-bond donors (Lipinski definition) is 2. The van der Waals surface area contributed by atoms with Crippen molar-refractivity contribution in [3.63, 3.8) is 0 Å². The molecule has 196 valence electrons. The minimum Gasteiger partial charge on any atom is -0.322 e. The van der Waals surface area contributed by atoms with Crippen LogP contribution in [0.25, 0.3) is 11.1 Å². The van der Waals surface area contributed by atoms with Crippen LogP contribution in [-0.4, -0.2) is 11.8 Å². The van der Waals surface area contributed by atoms with Gasteiger partial charge in [0.2, 0.25) is 5.91 Å². The van der Waals surface area contributed by atoms with Crippen LogP contribution in [-0.2, 0) is 4.79 Å². The number of thiophene rings is 1. The van der Waals surface area contributed by atoms with Crippen molar-refractivity contribution in [2.24, 2.45) is 0 Å². The van der Waals surface area contributed by atoms with Crippen molar-refractivity contribution in [3.05, 3.63) is 137 Å². The van der Waals surface area contributed by atoms with Crippen molar-refractivity contribution in [2.45, 2.75) is 17.1 Å². The number of aryl methyl sites for hydroxylation is 1. The second-order valence-corrected chi connectivity index (χ2v) is 11.1. The van der Waals surface area contributed by atoms with Gasteiger partial charge in [-0.25, -0.2) is 0 Å². The zero-order valence-electron chi connectivity index (χ0n) is 21.6. The number of carbonyl (C=O) groups is 2. The fraction of sp³-hybridized carbons (Fsp3) is 0.0606. The summed E-state index contributed by atoms with van der Waals surface area (Å²) in [6.45, 7) is 1.98. The summed E-state index contributed by atoms with van der Waals surface area (Å²) in [4.78, 5) is 27.3. The summed E-state index contributed by atoms with van der Waals surface area (Å²) < 4.78 is 0. The predicted octanol–water partition coefficient (Wildman–Crippen LogP) is 8.32. The number of hydrogen-bond acceptors (Lipinski definition) is 5. The van der Waals surface area contributed by atoms with Crippen molar-refractivity contribution >= 4 is 45.6 Å². The van der Waals surface area contributed by atoms with Crippen LogP contribution in [0.1, 0.15) is 32.3 Å². The van der Waals surface area contributed by atoms with Gasteiger partial charge < -0.3 is 10.6 Å². The lowest BCUT2D eigenvalue weighted by Crippen LogP contribution is -2.19. The maximum atomic E-state index is 13.7. The van der Waals surface area contributed by atoms with Gasteiger partial charge in [-0.15, -0.1) is 23.1 Å². The molecule has 0 radical (unpaired) electrons. The molecule has 0 saturated carbocycles. The summed E-state index contributed by atoms with van der Waals surface area (Å²) in [5.41, 5.74) is 5.30. The van der Waals surface area contributed by atoms with Crippen LogP contribution in [0, 0.1) is 18.3 Å². The van der Waals surface area contributed by atoms with Crippen molar-refractivity contribution in [3.8, 4) is 17.2 Å². The first-order chi connectivity index (χ1) is 19.5. The van der Waals surface area contributed by atoms with Crippen molar-refractivity contribution < 1.29 is 9.59 Å². The molecule has 0 spiro atoms. The highest BCUT2D eigenvalue weighted by molar-refractivity contribution is 8.00. The summed E-state index contributed by atoms with van der Waals surface area (Å²) in [7, 11) is 0. The Morgan fingerprint density at radius 2 is 1.55 bits per heavy atom. The molecule has 5 rings (SSSR count). The fourth-order valence-corrected chi connectivity index (χ4v) is 6.17. The monoisotopic (exact) mass is 559 g/mol. The molecular weight excluding hydrogens is 535 g/mol. The number of nitrogens with zero attached hydrogens (tertiary/aromatic N) is 1. The first-order valence-electron chi connectivity index (χ1n) is 12.6. The molecule has 0 aliphatic carbocycles. The van der Waals surface area contributed by atoms with Crippen LogP contribution < -0.4 is 10.6 Å². The number of benzene rings is 4. The van der Waals surface area contributed by atoms with E-state index >= 15 is 0 Å². The zero-order valence-corrected chi connectivity index (χ0v) is 23.3. The third-order valence-corrected chi connectivity index (χ3v) is 8.37. The minimum atomic E-state index is -0.585. The summed E-state index contributed by atoms with van der Waals surface area (Å²) >= 11 is 2.72. The maximum Gasteiger partial charge on any atom is 0.255 e. The van der Waals surface area contributed by atoms with E-state index in [1.165, 1.54) is 23.1 Å². The van der Waals surface area contributed by atoms with E-state index in [0.717, 1.165) is 27.1 Å². The number of amides is 2. The minimum absolute atomic E-state index is 0.199. The van der Waals surface area contributed by atoms with Crippen molar-refractivity contribution in [1.29, 1.82) is 5.26 Å². The Balaban J connectivity index is 1.38. The van der Waals surface area contributed by atoms with Crippen LogP contribution in [0.4, 0.5) is 10.7 Å². The molecule has 2 amide bonds. The molecule has 0 saturated heterocycles. The molecule has 0 fully saturated rings. The fourth-order valence-electron chi connectivity index (χ4n) is 4.16. The highest BCUT2D eigenvalue weighted by atomic mass is 32.2. The van der Waals surface area contributed by atoms with Gasteiger partial charge in [-0.05, 0) is 48.4 Å². The molecule has 5 nitrogen and oxygen atoms in total. The van der Waals surface area contributed by atoms with Gasteiger partial charge in [-0.1, -0.05) is 84.4 Å². The van der Waals surface area contributed by atoms with Gasteiger partial charge in [0.1, 0.15) is 16.3 Å². The Labute approximate surface area is 241 Å². The van der Waals surface area contributed by atoms with Gasteiger partial charge in [-0.2, -0.15) is 5.26 Å². The molecule has 1 heterocycles. The van der Waals surface area contributed by atoms with E-state index in [1.54, 1.807) is 12.1 Å². The standard InChI is InChI=1S/C33H25N3O2S2/c1-22-15-17-25(18-16-22)31(37)35-26-13-8-14-27(19-26)40-30(24-11-6-3-7-12-24)32(38)36-33-28(20-34)29(21-39-33)23-9-4-2-5-10-23/h2-19,21,30H,1H3,(H,35,37)(H,36,38). The van der Waals surface area contributed by atoms with E-state index in [2.05, 4.69) is 16.7 Å². The molecule has 1 atom stereocenters. The molecule has 0 bridgehead atoms. The van der Waals surface area contributed by atoms with E-state index in [4.69, 9.17) is 0 Å². The van der Waals surface area contributed by atoms with Gasteiger partial charge >= 0.3 is 0 Å². The molecule has 4 aromatic carbocycles. The van der Waals surface area contributed by atoms with Gasteiger partial charge in [0.25, 0.3) is 5.91 Å². The van der Waals surface area contributed by atoms with E-state index in [-0.39, 0.29) is 11.8 Å². The topological polar surface area (TPSA) is 82.0 Å². The van der Waals surface area contributed by atoms with Gasteiger partial charge in [0, 0.05) is 27.1 Å². The number of thioether (sulfide) groups is 1. The third kappa shape index (κ3) is 6.32. The van der Waals surface area contributed by atoms with E-state index in [9.17, 15) is 14.9 Å². The quantitative estimate of drug-likeness (QED) is 0.187. The van der Waals surface area contributed by atoms with Crippen LogP contribution in [0.2, 0.25) is 0 Å². The van der Waals surface area contributed by atoms with E-state index in [1.807, 2.05) is 109 Å². The summed E-state index contributed by atoms with van der Waals surface area (Å²) in [6.07, 6.45) is 0. The van der Waals surface area contributed by atoms with Crippen molar-refractivity contribution in [2.75, 3.05) is 10.6 Å². The SMILES string of the molecule is Cc1ccc(C(=O)Nc2cccc(SC(C(=O)Nc3scc(-c4ccccc4)c3C#N)c3ccccc3)c2)cc1. The molecule has 1 unspecified atom stereocenters. The Morgan fingerprint density at radius 1 is 0.850 bits per heavy atom. The summed E-state index contributed by atoms with van der Waals surface area (Å²) in [6, 6.07) is 36.3. The smallest absolute Gasteiger partial charge is 0.255 e. The largest absolute Gasteiger partial charge is 0.322 e. The third-order valence-electron chi connectivity index (χ3n) is 6.22. The summed E-state index contributed by atoms with van der Waals surface area (Å²) in [5.74, 6) is -0.432. The molecule has 5 aromatic rings. The Morgan fingerprint density at radius 3 is 2.25 bits per heavy atom. The molecule has 0 aliphatic rings. The number of nitriles is 1. The lowest BCUT2D eigenvalue weighted by Gasteiger charge is -2.17. The molecule has 1 aromatic heterocycles. The molecule has 0 aliphatic heterocycles. The lowest BCUT2D eigenvalue weighted by molar-refractivity contribution is -0.115. The van der Waals surface area contributed by atoms with Gasteiger partial charge in [-0.3, -0.25) is 9.59 Å². The number of rotatable bonds is 8. The summed E-state index contributed by atoms with van der Waals surface area (Å²) in [5, 5.41) is 17.7. The highest BCUT2D eigenvalue weighted by Crippen LogP contribution is 2.40. The number of carbonyl (C=O) groups excluding carboxylic acids is 2. The van der Waals surface area contributed by atoms with Crippen LogP contribution >= 0.6 is 23.1 Å².